The lowest BCUT2D eigenvalue weighted by Crippen LogP contribution is -2.55. The first-order valence-electron chi connectivity index (χ1n) is 17.5. The largest absolute Gasteiger partial charge is 0.456 e. The van der Waals surface area contributed by atoms with Crippen LogP contribution in [0.1, 0.15) is 0 Å². The topological polar surface area (TPSA) is 13.1 Å². The molecule has 8 aromatic carbocycles. The van der Waals surface area contributed by atoms with Crippen molar-refractivity contribution in [3.05, 3.63) is 140 Å². The van der Waals surface area contributed by atoms with Crippen molar-refractivity contribution in [1.29, 1.82) is 0 Å². The second-order valence-corrected chi connectivity index (χ2v) is 13.8. The SMILES string of the molecule is Bc1c(B)c(B)c(-c2c3ccccc3c(-c3cccc4oc5ccc(-c6ccc(-c7ccccc7)cc6)cc5c34)c3ccccc23)c(B)c1B. The van der Waals surface area contributed by atoms with E-state index in [2.05, 4.69) is 179 Å². The summed E-state index contributed by atoms with van der Waals surface area (Å²) in [5, 5.41) is 7.35. The van der Waals surface area contributed by atoms with E-state index < -0.39 is 0 Å². The Bertz CT molecular complexity index is 2720. The van der Waals surface area contributed by atoms with Crippen LogP contribution >= 0.6 is 0 Å². The maximum Gasteiger partial charge on any atom is 0.139 e. The van der Waals surface area contributed by atoms with Crippen molar-refractivity contribution in [1.82, 2.24) is 0 Å². The number of hydrogen-bond acceptors (Lipinski definition) is 1. The Hall–Kier alpha value is -5.60. The molecular weight excluding hydrogens is 599 g/mol. The van der Waals surface area contributed by atoms with Gasteiger partial charge < -0.3 is 4.42 Å². The van der Waals surface area contributed by atoms with Crippen LogP contribution in [0.25, 0.3) is 88.0 Å². The zero-order valence-electron chi connectivity index (χ0n) is 29.2. The van der Waals surface area contributed by atoms with E-state index in [1.54, 1.807) is 0 Å². The van der Waals surface area contributed by atoms with Gasteiger partial charge in [0.2, 0.25) is 0 Å². The average molecular weight is 632 g/mol. The van der Waals surface area contributed by atoms with E-state index in [-0.39, 0.29) is 0 Å². The Balaban J connectivity index is 1.31. The van der Waals surface area contributed by atoms with Crippen LogP contribution in [-0.2, 0) is 0 Å². The summed E-state index contributed by atoms with van der Waals surface area (Å²) in [6, 6.07) is 50.6. The number of benzene rings is 8. The summed E-state index contributed by atoms with van der Waals surface area (Å²) in [5.41, 5.74) is 18.6. The van der Waals surface area contributed by atoms with Gasteiger partial charge in [0.1, 0.15) is 50.4 Å². The van der Waals surface area contributed by atoms with Crippen LogP contribution in [0.2, 0.25) is 0 Å². The van der Waals surface area contributed by atoms with E-state index >= 15 is 0 Å². The van der Waals surface area contributed by atoms with Crippen molar-refractivity contribution in [3.63, 3.8) is 0 Å². The predicted octanol–water partition coefficient (Wildman–Crippen LogP) is 3.85. The third kappa shape index (κ3) is 4.62. The zero-order chi connectivity index (χ0) is 34.1. The predicted molar refractivity (Wildman–Crippen MR) is 231 cm³/mol. The summed E-state index contributed by atoms with van der Waals surface area (Å²) < 4.78 is 6.57. The van der Waals surface area contributed by atoms with Gasteiger partial charge in [0.25, 0.3) is 0 Å². The van der Waals surface area contributed by atoms with Crippen LogP contribution in [0.5, 0.6) is 0 Å². The summed E-state index contributed by atoms with van der Waals surface area (Å²) in [6.07, 6.45) is 0. The molecule has 0 amide bonds. The van der Waals surface area contributed by atoms with Gasteiger partial charge in [-0.25, -0.2) is 0 Å². The fourth-order valence-corrected chi connectivity index (χ4v) is 8.26. The van der Waals surface area contributed by atoms with Crippen LogP contribution < -0.4 is 27.3 Å². The van der Waals surface area contributed by atoms with Gasteiger partial charge in [-0.15, -0.1) is 16.4 Å². The standard InChI is InChI=1S/C44H33B5O/c45-40-39(41(46)43(48)44(49)42(40)47)38-30-13-6-4-11-28(30)36(29-12-5-7-14-31(29)38)32-15-8-16-35-37(32)33-23-27(21-22-34(33)50-35)26-19-17-25(18-20-26)24-9-2-1-3-10-24/h1-23H,45-49H2. The van der Waals surface area contributed by atoms with Crippen LogP contribution in [0.3, 0.4) is 0 Å². The smallest absolute Gasteiger partial charge is 0.139 e. The Kier molecular flexibility index (Phi) is 7.18. The van der Waals surface area contributed by atoms with Gasteiger partial charge in [0.05, 0.1) is 0 Å². The van der Waals surface area contributed by atoms with E-state index in [1.807, 2.05) is 0 Å². The summed E-state index contributed by atoms with van der Waals surface area (Å²) in [7, 11) is 11.4. The summed E-state index contributed by atoms with van der Waals surface area (Å²) in [6.45, 7) is 0. The number of fused-ring (bicyclic) bond motifs is 5. The highest BCUT2D eigenvalue weighted by Gasteiger charge is 2.23. The van der Waals surface area contributed by atoms with E-state index in [0.29, 0.717) is 0 Å². The van der Waals surface area contributed by atoms with Gasteiger partial charge in [-0.1, -0.05) is 132 Å². The molecule has 0 unspecified atom stereocenters. The Labute approximate surface area is 297 Å². The molecular formula is C44H33B5O. The average Bonchev–Trinajstić information content (AvgIpc) is 3.55. The van der Waals surface area contributed by atoms with Crippen LogP contribution in [0.15, 0.2) is 144 Å². The van der Waals surface area contributed by atoms with Crippen molar-refractivity contribution >= 4 is 110 Å². The lowest BCUT2D eigenvalue weighted by Gasteiger charge is -2.24. The second-order valence-electron chi connectivity index (χ2n) is 13.8. The first-order chi connectivity index (χ1) is 24.4. The van der Waals surface area contributed by atoms with Gasteiger partial charge in [-0.3, -0.25) is 0 Å². The highest BCUT2D eigenvalue weighted by atomic mass is 16.3. The molecule has 0 N–H and O–H groups in total. The Morgan fingerprint density at radius 2 is 0.800 bits per heavy atom. The van der Waals surface area contributed by atoms with Crippen LogP contribution in [0, 0.1) is 0 Å². The Morgan fingerprint density at radius 3 is 1.40 bits per heavy atom. The minimum absolute atomic E-state index is 0.902. The quantitative estimate of drug-likeness (QED) is 0.213. The molecule has 230 valence electrons. The van der Waals surface area contributed by atoms with Crippen molar-refractivity contribution in [2.45, 2.75) is 0 Å². The number of rotatable bonds is 4. The summed E-state index contributed by atoms with van der Waals surface area (Å²) in [5.74, 6) is 0. The molecule has 0 aliphatic heterocycles. The maximum absolute atomic E-state index is 6.57. The highest BCUT2D eigenvalue weighted by molar-refractivity contribution is 6.69. The molecule has 0 aliphatic carbocycles. The molecule has 6 heteroatoms. The molecule has 0 saturated heterocycles. The van der Waals surface area contributed by atoms with E-state index in [1.165, 1.54) is 93.4 Å². The number of furan rings is 1. The van der Waals surface area contributed by atoms with Crippen LogP contribution in [-0.4, -0.2) is 39.2 Å². The van der Waals surface area contributed by atoms with E-state index in [0.717, 1.165) is 21.9 Å². The maximum atomic E-state index is 6.57. The third-order valence-electron chi connectivity index (χ3n) is 11.3. The molecule has 50 heavy (non-hydrogen) atoms. The fraction of sp³-hybridized carbons (Fsp3) is 0. The monoisotopic (exact) mass is 632 g/mol. The second kappa shape index (κ2) is 11.8. The van der Waals surface area contributed by atoms with E-state index in [4.69, 9.17) is 4.42 Å². The van der Waals surface area contributed by atoms with Crippen LogP contribution in [0.4, 0.5) is 0 Å². The number of hydrogen-bond donors (Lipinski definition) is 0. The lowest BCUT2D eigenvalue weighted by atomic mass is 9.59. The first kappa shape index (κ1) is 30.5. The molecule has 1 heterocycles. The molecule has 0 spiro atoms. The molecule has 0 saturated carbocycles. The fourth-order valence-electron chi connectivity index (χ4n) is 8.26. The molecule has 1 aromatic heterocycles. The Morgan fingerprint density at radius 1 is 0.320 bits per heavy atom. The lowest BCUT2D eigenvalue weighted by molar-refractivity contribution is 0.669. The van der Waals surface area contributed by atoms with Crippen molar-refractivity contribution < 1.29 is 4.42 Å². The molecule has 9 aromatic rings. The van der Waals surface area contributed by atoms with Gasteiger partial charge in [-0.2, -0.15) is 0 Å². The molecule has 9 rings (SSSR count). The summed E-state index contributed by atoms with van der Waals surface area (Å²) >= 11 is 0. The molecule has 0 atom stereocenters. The normalized spacial score (nSPS) is 11.6. The van der Waals surface area contributed by atoms with E-state index in [9.17, 15) is 0 Å². The molecule has 1 nitrogen and oxygen atoms in total. The highest BCUT2D eigenvalue weighted by Crippen LogP contribution is 2.46. The molecule has 0 bridgehead atoms. The zero-order valence-corrected chi connectivity index (χ0v) is 29.2. The van der Waals surface area contributed by atoms with Crippen molar-refractivity contribution in [3.8, 4) is 44.5 Å². The van der Waals surface area contributed by atoms with Gasteiger partial charge in [0.15, 0.2) is 0 Å². The van der Waals surface area contributed by atoms with Crippen molar-refractivity contribution in [2.24, 2.45) is 0 Å². The molecule has 0 aliphatic rings. The minimum atomic E-state index is 0.902. The van der Waals surface area contributed by atoms with Gasteiger partial charge in [0, 0.05) is 10.8 Å². The minimum Gasteiger partial charge on any atom is -0.456 e. The van der Waals surface area contributed by atoms with Gasteiger partial charge in [-0.05, 0) is 84.3 Å². The molecule has 0 fully saturated rings. The van der Waals surface area contributed by atoms with Crippen molar-refractivity contribution in [2.75, 3.05) is 0 Å². The summed E-state index contributed by atoms with van der Waals surface area (Å²) in [4.78, 5) is 0. The first-order valence-corrected chi connectivity index (χ1v) is 17.5. The van der Waals surface area contributed by atoms with Gasteiger partial charge >= 0.3 is 0 Å². The third-order valence-corrected chi connectivity index (χ3v) is 11.3. The molecule has 0 radical (unpaired) electrons.